The van der Waals surface area contributed by atoms with Gasteiger partial charge < -0.3 is 14.2 Å². The molecular weight excluding hydrogens is 360 g/mol. The van der Waals surface area contributed by atoms with Gasteiger partial charge in [-0.2, -0.15) is 0 Å². The van der Waals surface area contributed by atoms with Crippen molar-refractivity contribution in [3.63, 3.8) is 0 Å². The van der Waals surface area contributed by atoms with Crippen LogP contribution < -0.4 is 4.74 Å². The number of piperidine rings is 1. The van der Waals surface area contributed by atoms with Crippen molar-refractivity contribution in [1.82, 2.24) is 19.7 Å². The fourth-order valence-electron chi connectivity index (χ4n) is 3.34. The Labute approximate surface area is 165 Å². The van der Waals surface area contributed by atoms with E-state index >= 15 is 0 Å². The summed E-state index contributed by atoms with van der Waals surface area (Å²) in [5, 5.41) is 9.32. The van der Waals surface area contributed by atoms with Crippen molar-refractivity contribution in [3.8, 4) is 5.75 Å². The van der Waals surface area contributed by atoms with Gasteiger partial charge in [-0.05, 0) is 50.3 Å². The number of nitrogens with zero attached hydrogens (tertiary/aromatic N) is 4. The summed E-state index contributed by atoms with van der Waals surface area (Å²) >= 11 is 1.46. The van der Waals surface area contributed by atoms with Crippen LogP contribution in [0.1, 0.15) is 38.1 Å². The highest BCUT2D eigenvalue weighted by atomic mass is 32.2. The molecule has 1 aliphatic rings. The van der Waals surface area contributed by atoms with E-state index in [0.717, 1.165) is 48.3 Å². The summed E-state index contributed by atoms with van der Waals surface area (Å²) in [7, 11) is 0. The van der Waals surface area contributed by atoms with Crippen molar-refractivity contribution >= 4 is 17.7 Å². The lowest BCUT2D eigenvalue weighted by Crippen LogP contribution is -2.40. The highest BCUT2D eigenvalue weighted by Crippen LogP contribution is 2.21. The Balaban J connectivity index is 1.57. The molecule has 0 radical (unpaired) electrons. The Hall–Kier alpha value is -2.02. The molecule has 0 bridgehead atoms. The fourth-order valence-corrected chi connectivity index (χ4v) is 4.26. The zero-order valence-corrected chi connectivity index (χ0v) is 17.2. The molecule has 0 saturated carbocycles. The van der Waals surface area contributed by atoms with Gasteiger partial charge in [0.2, 0.25) is 5.91 Å². The number of carbonyl (C=O) groups is 1. The van der Waals surface area contributed by atoms with Crippen molar-refractivity contribution in [1.29, 1.82) is 0 Å². The van der Waals surface area contributed by atoms with Gasteiger partial charge in [0.25, 0.3) is 0 Å². The lowest BCUT2D eigenvalue weighted by Gasteiger charge is -2.30. The Kier molecular flexibility index (Phi) is 6.77. The van der Waals surface area contributed by atoms with Crippen molar-refractivity contribution < 1.29 is 9.53 Å². The number of aryl methyl sites for hydroxylation is 1. The van der Waals surface area contributed by atoms with Crippen LogP contribution in [0.2, 0.25) is 0 Å². The van der Waals surface area contributed by atoms with Gasteiger partial charge in [0.15, 0.2) is 11.0 Å². The van der Waals surface area contributed by atoms with Crippen molar-refractivity contribution in [2.45, 2.75) is 51.9 Å². The lowest BCUT2D eigenvalue weighted by atomic mass is 10.0. The van der Waals surface area contributed by atoms with Crippen molar-refractivity contribution in [3.05, 3.63) is 35.7 Å². The molecule has 1 saturated heterocycles. The summed E-state index contributed by atoms with van der Waals surface area (Å²) in [4.78, 5) is 14.5. The van der Waals surface area contributed by atoms with E-state index in [2.05, 4.69) is 24.0 Å². The van der Waals surface area contributed by atoms with E-state index < -0.39 is 0 Å². The maximum absolute atomic E-state index is 12.5. The topological polar surface area (TPSA) is 60.2 Å². The highest BCUT2D eigenvalue weighted by Gasteiger charge is 2.22. The number of thioether (sulfide) groups is 1. The molecule has 2 aromatic rings. The number of hydrogen-bond donors (Lipinski definition) is 0. The fraction of sp³-hybridized carbons (Fsp3) is 0.550. The minimum Gasteiger partial charge on any atom is -0.486 e. The van der Waals surface area contributed by atoms with Crippen LogP contribution in [0.25, 0.3) is 0 Å². The van der Waals surface area contributed by atoms with Crippen LogP contribution in [-0.4, -0.2) is 44.4 Å². The van der Waals surface area contributed by atoms with Gasteiger partial charge >= 0.3 is 0 Å². The lowest BCUT2D eigenvalue weighted by molar-refractivity contribution is -0.130. The zero-order chi connectivity index (χ0) is 19.2. The average molecular weight is 389 g/mol. The second-order valence-corrected chi connectivity index (χ2v) is 8.07. The monoisotopic (exact) mass is 388 g/mol. The quantitative estimate of drug-likeness (QED) is 0.679. The molecule has 146 valence electrons. The maximum Gasteiger partial charge on any atom is 0.233 e. The number of hydrogen-bond acceptors (Lipinski definition) is 5. The van der Waals surface area contributed by atoms with Crippen molar-refractivity contribution in [2.24, 2.45) is 5.92 Å². The van der Waals surface area contributed by atoms with Crippen LogP contribution in [0.5, 0.6) is 5.75 Å². The highest BCUT2D eigenvalue weighted by molar-refractivity contribution is 7.99. The third-order valence-electron chi connectivity index (χ3n) is 4.80. The first-order valence-corrected chi connectivity index (χ1v) is 10.6. The standard InChI is InChI=1S/C20H28N4O2S/c1-4-24-18(13-26-17-9-5-7-15(2)11-17)21-22-20(24)27-14-19(25)23-10-6-8-16(3)12-23/h5,7,9,11,16H,4,6,8,10,12-14H2,1-3H3/t16-/m0/s1. The Morgan fingerprint density at radius 1 is 1.37 bits per heavy atom. The summed E-state index contributed by atoms with van der Waals surface area (Å²) in [5.74, 6) is 2.79. The molecule has 0 unspecified atom stereocenters. The van der Waals surface area contributed by atoms with Crippen LogP contribution >= 0.6 is 11.8 Å². The van der Waals surface area contributed by atoms with Gasteiger partial charge in [-0.25, -0.2) is 0 Å². The first-order valence-electron chi connectivity index (χ1n) is 9.59. The first-order chi connectivity index (χ1) is 13.1. The second kappa shape index (κ2) is 9.26. The van der Waals surface area contributed by atoms with E-state index in [0.29, 0.717) is 18.3 Å². The predicted molar refractivity (Wildman–Crippen MR) is 107 cm³/mol. The molecule has 0 N–H and O–H groups in total. The van der Waals surface area contributed by atoms with Gasteiger partial charge in [-0.3, -0.25) is 4.79 Å². The van der Waals surface area contributed by atoms with E-state index in [-0.39, 0.29) is 5.91 Å². The molecule has 1 aromatic heterocycles. The number of likely N-dealkylation sites (tertiary alicyclic amines) is 1. The molecule has 6 nitrogen and oxygen atoms in total. The summed E-state index contributed by atoms with van der Waals surface area (Å²) in [6.45, 7) is 9.16. The summed E-state index contributed by atoms with van der Waals surface area (Å²) < 4.78 is 7.87. The molecule has 1 fully saturated rings. The van der Waals surface area contributed by atoms with E-state index in [1.165, 1.54) is 18.2 Å². The number of carbonyl (C=O) groups excluding carboxylic acids is 1. The first kappa shape index (κ1) is 19.7. The van der Waals surface area contributed by atoms with Crippen LogP contribution in [0.3, 0.4) is 0 Å². The Morgan fingerprint density at radius 3 is 2.96 bits per heavy atom. The van der Waals surface area contributed by atoms with Crippen LogP contribution in [0.4, 0.5) is 0 Å². The van der Waals surface area contributed by atoms with E-state index in [4.69, 9.17) is 4.74 Å². The van der Waals surface area contributed by atoms with E-state index in [1.807, 2.05) is 40.7 Å². The summed E-state index contributed by atoms with van der Waals surface area (Å²) in [5.41, 5.74) is 1.16. The molecule has 1 atom stereocenters. The molecule has 3 rings (SSSR count). The molecule has 0 aliphatic carbocycles. The third kappa shape index (κ3) is 5.25. The Morgan fingerprint density at radius 2 is 2.22 bits per heavy atom. The largest absolute Gasteiger partial charge is 0.486 e. The zero-order valence-electron chi connectivity index (χ0n) is 16.4. The Bertz CT molecular complexity index is 777. The van der Waals surface area contributed by atoms with Crippen LogP contribution in [0.15, 0.2) is 29.4 Å². The normalized spacial score (nSPS) is 17.1. The molecular formula is C20H28N4O2S. The molecule has 0 spiro atoms. The number of ether oxygens (including phenoxy) is 1. The van der Waals surface area contributed by atoms with Crippen LogP contribution in [0, 0.1) is 12.8 Å². The SMILES string of the molecule is CCn1c(COc2cccc(C)c2)nnc1SCC(=O)N1CCC[C@H](C)C1. The number of aromatic nitrogens is 3. The van der Waals surface area contributed by atoms with Gasteiger partial charge in [-0.15, -0.1) is 10.2 Å². The van der Waals surface area contributed by atoms with Crippen LogP contribution in [-0.2, 0) is 17.9 Å². The molecule has 1 aliphatic heterocycles. The van der Waals surface area contributed by atoms with Gasteiger partial charge in [0, 0.05) is 19.6 Å². The minimum atomic E-state index is 0.190. The van der Waals surface area contributed by atoms with Gasteiger partial charge in [0.1, 0.15) is 12.4 Å². The molecule has 27 heavy (non-hydrogen) atoms. The van der Waals surface area contributed by atoms with Gasteiger partial charge in [-0.1, -0.05) is 30.8 Å². The third-order valence-corrected chi connectivity index (χ3v) is 5.75. The maximum atomic E-state index is 12.5. The summed E-state index contributed by atoms with van der Waals surface area (Å²) in [6.07, 6.45) is 2.31. The molecule has 7 heteroatoms. The summed E-state index contributed by atoms with van der Waals surface area (Å²) in [6, 6.07) is 7.95. The smallest absolute Gasteiger partial charge is 0.233 e. The minimum absolute atomic E-state index is 0.190. The molecule has 1 amide bonds. The van der Waals surface area contributed by atoms with Crippen molar-refractivity contribution in [2.75, 3.05) is 18.8 Å². The van der Waals surface area contributed by atoms with Gasteiger partial charge in [0.05, 0.1) is 5.75 Å². The number of amides is 1. The number of rotatable bonds is 7. The predicted octanol–water partition coefficient (Wildman–Crippen LogP) is 3.54. The number of benzene rings is 1. The average Bonchev–Trinajstić information content (AvgIpc) is 3.06. The molecule has 1 aromatic carbocycles. The molecule has 2 heterocycles. The van der Waals surface area contributed by atoms with E-state index in [1.54, 1.807) is 0 Å². The second-order valence-electron chi connectivity index (χ2n) is 7.12. The van der Waals surface area contributed by atoms with E-state index in [9.17, 15) is 4.79 Å².